The van der Waals surface area contributed by atoms with Gasteiger partial charge in [0.15, 0.2) is 0 Å². The van der Waals surface area contributed by atoms with E-state index in [-0.39, 0.29) is 0 Å². The standard InChI is InChI=1S/C14H20O4/c1-4-5-6-7-8-9-10-11-14(17-12(2)15)18-13(3)16/h10-11,14H,4-7H2,1-3H3/b11-10+. The van der Waals surface area contributed by atoms with Crippen molar-refractivity contribution in [2.75, 3.05) is 0 Å². The van der Waals surface area contributed by atoms with Crippen LogP contribution in [-0.2, 0) is 19.1 Å². The lowest BCUT2D eigenvalue weighted by atomic mass is 10.2. The van der Waals surface area contributed by atoms with Gasteiger partial charge in [-0.15, -0.1) is 0 Å². The summed E-state index contributed by atoms with van der Waals surface area (Å²) < 4.78 is 9.54. The molecule has 100 valence electrons. The fraction of sp³-hybridized carbons (Fsp3) is 0.571. The Morgan fingerprint density at radius 3 is 2.28 bits per heavy atom. The normalized spacial score (nSPS) is 10.0. The molecule has 0 aromatic rings. The third-order valence-electron chi connectivity index (χ3n) is 1.91. The van der Waals surface area contributed by atoms with Gasteiger partial charge >= 0.3 is 11.9 Å². The van der Waals surface area contributed by atoms with Gasteiger partial charge in [0, 0.05) is 26.3 Å². The maximum Gasteiger partial charge on any atom is 0.305 e. The van der Waals surface area contributed by atoms with Gasteiger partial charge in [-0.3, -0.25) is 9.59 Å². The van der Waals surface area contributed by atoms with Gasteiger partial charge < -0.3 is 9.47 Å². The lowest BCUT2D eigenvalue weighted by molar-refractivity contribution is -0.176. The number of hydrogen-bond acceptors (Lipinski definition) is 4. The van der Waals surface area contributed by atoms with E-state index in [2.05, 4.69) is 18.8 Å². The van der Waals surface area contributed by atoms with Crippen molar-refractivity contribution in [2.24, 2.45) is 0 Å². The Labute approximate surface area is 108 Å². The Hall–Kier alpha value is -1.76. The summed E-state index contributed by atoms with van der Waals surface area (Å²) in [6.45, 7) is 4.64. The number of carbonyl (C=O) groups excluding carboxylic acids is 2. The molecule has 0 saturated heterocycles. The van der Waals surface area contributed by atoms with Crippen LogP contribution in [-0.4, -0.2) is 18.2 Å². The van der Waals surface area contributed by atoms with Gasteiger partial charge in [0.1, 0.15) is 0 Å². The number of hydrogen-bond donors (Lipinski definition) is 0. The molecule has 4 heteroatoms. The van der Waals surface area contributed by atoms with Crippen molar-refractivity contribution in [3.05, 3.63) is 12.2 Å². The maximum absolute atomic E-state index is 10.8. The molecule has 0 heterocycles. The average molecular weight is 252 g/mol. The molecule has 0 unspecified atom stereocenters. The molecule has 0 radical (unpaired) electrons. The zero-order chi connectivity index (χ0) is 13.8. The molecule has 0 aliphatic heterocycles. The molecule has 0 spiro atoms. The number of unbranched alkanes of at least 4 members (excludes halogenated alkanes) is 3. The summed E-state index contributed by atoms with van der Waals surface area (Å²) in [5.41, 5.74) is 0. The summed E-state index contributed by atoms with van der Waals surface area (Å²) in [7, 11) is 0. The van der Waals surface area contributed by atoms with Crippen LogP contribution in [0, 0.1) is 11.8 Å². The fourth-order valence-corrected chi connectivity index (χ4v) is 1.15. The van der Waals surface area contributed by atoms with Crippen molar-refractivity contribution in [1.82, 2.24) is 0 Å². The van der Waals surface area contributed by atoms with Crippen LogP contribution in [0.3, 0.4) is 0 Å². The quantitative estimate of drug-likeness (QED) is 0.315. The van der Waals surface area contributed by atoms with Crippen LogP contribution in [0.2, 0.25) is 0 Å². The van der Waals surface area contributed by atoms with Crippen molar-refractivity contribution < 1.29 is 19.1 Å². The van der Waals surface area contributed by atoms with Gasteiger partial charge in [-0.05, 0) is 12.5 Å². The molecule has 0 aliphatic carbocycles. The van der Waals surface area contributed by atoms with Crippen LogP contribution in [0.5, 0.6) is 0 Å². The minimum absolute atomic E-state index is 0.512. The molecule has 18 heavy (non-hydrogen) atoms. The Kier molecular flexibility index (Phi) is 9.38. The fourth-order valence-electron chi connectivity index (χ4n) is 1.15. The molecule has 0 N–H and O–H groups in total. The summed E-state index contributed by atoms with van der Waals surface area (Å²) >= 11 is 0. The van der Waals surface area contributed by atoms with Gasteiger partial charge in [-0.2, -0.15) is 0 Å². The van der Waals surface area contributed by atoms with E-state index in [0.29, 0.717) is 0 Å². The van der Waals surface area contributed by atoms with E-state index in [0.717, 1.165) is 12.8 Å². The second-order valence-corrected chi connectivity index (χ2v) is 3.72. The highest BCUT2D eigenvalue weighted by Crippen LogP contribution is 1.99. The van der Waals surface area contributed by atoms with Crippen LogP contribution in [0.4, 0.5) is 0 Å². The zero-order valence-electron chi connectivity index (χ0n) is 11.2. The second kappa shape index (κ2) is 10.4. The minimum atomic E-state index is -0.995. The maximum atomic E-state index is 10.8. The van der Waals surface area contributed by atoms with Crippen LogP contribution < -0.4 is 0 Å². The first-order valence-electron chi connectivity index (χ1n) is 6.05. The first-order valence-corrected chi connectivity index (χ1v) is 6.05. The number of ether oxygens (including phenoxy) is 2. The van der Waals surface area contributed by atoms with Gasteiger partial charge in [-0.1, -0.05) is 31.6 Å². The van der Waals surface area contributed by atoms with Crippen molar-refractivity contribution in [2.45, 2.75) is 52.7 Å². The van der Waals surface area contributed by atoms with Gasteiger partial charge in [0.2, 0.25) is 0 Å². The molecular weight excluding hydrogens is 232 g/mol. The van der Waals surface area contributed by atoms with Crippen molar-refractivity contribution in [3.8, 4) is 11.8 Å². The monoisotopic (exact) mass is 252 g/mol. The number of rotatable bonds is 6. The zero-order valence-corrected chi connectivity index (χ0v) is 11.2. The molecule has 0 bridgehead atoms. The van der Waals surface area contributed by atoms with E-state index >= 15 is 0 Å². The first kappa shape index (κ1) is 16.2. The summed E-state index contributed by atoms with van der Waals surface area (Å²) in [6.07, 6.45) is 6.22. The topological polar surface area (TPSA) is 52.6 Å². The molecule has 0 aliphatic rings. The molecule has 4 nitrogen and oxygen atoms in total. The Morgan fingerprint density at radius 1 is 1.17 bits per heavy atom. The second-order valence-electron chi connectivity index (χ2n) is 3.72. The van der Waals surface area contributed by atoms with E-state index in [1.165, 1.54) is 38.8 Å². The molecular formula is C14H20O4. The Morgan fingerprint density at radius 2 is 1.78 bits per heavy atom. The Balaban J connectivity index is 4.12. The van der Waals surface area contributed by atoms with Crippen molar-refractivity contribution >= 4 is 11.9 Å². The molecule has 0 atom stereocenters. The van der Waals surface area contributed by atoms with E-state index in [4.69, 9.17) is 9.47 Å². The molecule has 0 amide bonds. The van der Waals surface area contributed by atoms with Crippen LogP contribution >= 0.6 is 0 Å². The van der Waals surface area contributed by atoms with Gasteiger partial charge in [0.05, 0.1) is 0 Å². The minimum Gasteiger partial charge on any atom is -0.421 e. The summed E-state index contributed by atoms with van der Waals surface area (Å²) in [4.78, 5) is 21.5. The number of allylic oxidation sites excluding steroid dienone is 1. The highest BCUT2D eigenvalue weighted by atomic mass is 16.7. The molecule has 0 aromatic carbocycles. The van der Waals surface area contributed by atoms with Crippen LogP contribution in [0.15, 0.2) is 12.2 Å². The van der Waals surface area contributed by atoms with Gasteiger partial charge in [0.25, 0.3) is 6.29 Å². The number of carbonyl (C=O) groups is 2. The van der Waals surface area contributed by atoms with E-state index in [1.54, 1.807) is 0 Å². The lowest BCUT2D eigenvalue weighted by Crippen LogP contribution is -2.19. The van der Waals surface area contributed by atoms with E-state index in [1.807, 2.05) is 0 Å². The van der Waals surface area contributed by atoms with Gasteiger partial charge in [-0.25, -0.2) is 0 Å². The Bertz CT molecular complexity index is 331. The molecule has 0 rings (SSSR count). The summed E-state index contributed by atoms with van der Waals surface area (Å²) in [6, 6.07) is 0. The first-order chi connectivity index (χ1) is 8.56. The summed E-state index contributed by atoms with van der Waals surface area (Å²) in [5.74, 6) is 4.75. The third-order valence-corrected chi connectivity index (χ3v) is 1.91. The van der Waals surface area contributed by atoms with Crippen molar-refractivity contribution in [3.63, 3.8) is 0 Å². The summed E-state index contributed by atoms with van der Waals surface area (Å²) in [5, 5.41) is 0. The predicted molar refractivity (Wildman–Crippen MR) is 68.4 cm³/mol. The van der Waals surface area contributed by atoms with E-state index < -0.39 is 18.2 Å². The third kappa shape index (κ3) is 10.7. The SMILES string of the molecule is CCCCCC#C/C=C/C(OC(C)=O)OC(C)=O. The molecule has 0 saturated carbocycles. The predicted octanol–water partition coefficient (Wildman–Crippen LogP) is 2.58. The average Bonchev–Trinajstić information content (AvgIpc) is 2.26. The highest BCUT2D eigenvalue weighted by Gasteiger charge is 2.10. The molecule has 0 aromatic heterocycles. The smallest absolute Gasteiger partial charge is 0.305 e. The van der Waals surface area contributed by atoms with Crippen LogP contribution in [0.1, 0.15) is 46.5 Å². The number of esters is 2. The molecule has 0 fully saturated rings. The largest absolute Gasteiger partial charge is 0.421 e. The van der Waals surface area contributed by atoms with Crippen molar-refractivity contribution in [1.29, 1.82) is 0 Å². The lowest BCUT2D eigenvalue weighted by Gasteiger charge is -2.11. The van der Waals surface area contributed by atoms with Crippen LogP contribution in [0.25, 0.3) is 0 Å². The highest BCUT2D eigenvalue weighted by molar-refractivity contribution is 5.68. The van der Waals surface area contributed by atoms with E-state index in [9.17, 15) is 9.59 Å².